The van der Waals surface area contributed by atoms with Crippen LogP contribution in [0.4, 0.5) is 0 Å². The molecule has 0 aliphatic carbocycles. The molecule has 1 heterocycles. The quantitative estimate of drug-likeness (QED) is 0.865. The molecular formula is C18H17NO3. The minimum absolute atomic E-state index is 0.0568. The highest BCUT2D eigenvalue weighted by molar-refractivity contribution is 6.13. The van der Waals surface area contributed by atoms with Crippen molar-refractivity contribution in [2.45, 2.75) is 6.10 Å². The smallest absolute Gasteiger partial charge is 0.202 e. The number of benzene rings is 2. The second kappa shape index (κ2) is 5.56. The van der Waals surface area contributed by atoms with Crippen LogP contribution < -0.4 is 4.74 Å². The van der Waals surface area contributed by atoms with Gasteiger partial charge in [0.05, 0.1) is 5.57 Å². The van der Waals surface area contributed by atoms with Crippen molar-refractivity contribution in [2.24, 2.45) is 0 Å². The molecule has 112 valence electrons. The van der Waals surface area contributed by atoms with Gasteiger partial charge in [0.2, 0.25) is 5.78 Å². The molecule has 0 bridgehead atoms. The Hall–Kier alpha value is -2.75. The highest BCUT2D eigenvalue weighted by atomic mass is 16.5. The highest BCUT2D eigenvalue weighted by Gasteiger charge is 2.35. The first-order valence-electron chi connectivity index (χ1n) is 7.04. The largest absolute Gasteiger partial charge is 0.507 e. The van der Waals surface area contributed by atoms with E-state index >= 15 is 0 Å². The molecule has 4 heteroatoms. The van der Waals surface area contributed by atoms with E-state index in [9.17, 15) is 9.90 Å². The average molecular weight is 295 g/mol. The second-order valence-electron chi connectivity index (χ2n) is 5.44. The number of nitrogens with zero attached hydrogens (tertiary/aromatic N) is 1. The number of rotatable bonds is 2. The molecule has 1 atom stereocenters. The van der Waals surface area contributed by atoms with Gasteiger partial charge in [-0.25, -0.2) is 0 Å². The van der Waals surface area contributed by atoms with Crippen LogP contribution in [0.1, 0.15) is 22.0 Å². The molecule has 0 aromatic heterocycles. The summed E-state index contributed by atoms with van der Waals surface area (Å²) in [6, 6.07) is 14.5. The van der Waals surface area contributed by atoms with Gasteiger partial charge in [0, 0.05) is 20.3 Å². The fraction of sp³-hybridized carbons (Fsp3) is 0.167. The van der Waals surface area contributed by atoms with Crippen LogP contribution in [-0.2, 0) is 0 Å². The van der Waals surface area contributed by atoms with Crippen molar-refractivity contribution >= 4 is 5.78 Å². The molecule has 1 unspecified atom stereocenters. The minimum Gasteiger partial charge on any atom is -0.507 e. The predicted molar refractivity (Wildman–Crippen MR) is 84.0 cm³/mol. The molecule has 1 aliphatic heterocycles. The van der Waals surface area contributed by atoms with Gasteiger partial charge in [-0.15, -0.1) is 0 Å². The van der Waals surface area contributed by atoms with E-state index < -0.39 is 6.10 Å². The van der Waals surface area contributed by atoms with Crippen molar-refractivity contribution in [1.29, 1.82) is 0 Å². The normalized spacial score (nSPS) is 18.7. The van der Waals surface area contributed by atoms with Gasteiger partial charge in [0.25, 0.3) is 0 Å². The molecule has 2 aromatic rings. The Morgan fingerprint density at radius 2 is 1.82 bits per heavy atom. The number of phenolic OH excluding ortho intramolecular Hbond substituents is 1. The topological polar surface area (TPSA) is 49.8 Å². The summed E-state index contributed by atoms with van der Waals surface area (Å²) in [6.07, 6.45) is 1.26. The summed E-state index contributed by atoms with van der Waals surface area (Å²) >= 11 is 0. The maximum Gasteiger partial charge on any atom is 0.202 e. The van der Waals surface area contributed by atoms with Gasteiger partial charge in [0.1, 0.15) is 17.1 Å². The molecule has 3 rings (SSSR count). The molecule has 0 saturated carbocycles. The minimum atomic E-state index is -0.481. The zero-order valence-corrected chi connectivity index (χ0v) is 12.5. The van der Waals surface area contributed by atoms with Crippen LogP contribution in [0.3, 0.4) is 0 Å². The van der Waals surface area contributed by atoms with Crippen molar-refractivity contribution in [2.75, 3.05) is 14.1 Å². The number of hydrogen-bond acceptors (Lipinski definition) is 4. The lowest BCUT2D eigenvalue weighted by Gasteiger charge is -2.29. The van der Waals surface area contributed by atoms with Crippen LogP contribution in [0.5, 0.6) is 11.5 Å². The fourth-order valence-corrected chi connectivity index (χ4v) is 2.58. The first kappa shape index (κ1) is 14.2. The fourth-order valence-electron chi connectivity index (χ4n) is 2.58. The number of phenols is 1. The van der Waals surface area contributed by atoms with Gasteiger partial charge < -0.3 is 14.7 Å². The SMILES string of the molecule is CN(C)C=C1C(=O)c2c(O)cccc2OC1c1ccccc1. The number of carbonyl (C=O) groups is 1. The Labute approximate surface area is 129 Å². The lowest BCUT2D eigenvalue weighted by molar-refractivity contribution is 0.0953. The number of fused-ring (bicyclic) bond motifs is 1. The zero-order valence-electron chi connectivity index (χ0n) is 12.5. The second-order valence-corrected chi connectivity index (χ2v) is 5.44. The molecule has 0 saturated heterocycles. The zero-order chi connectivity index (χ0) is 15.7. The van der Waals surface area contributed by atoms with Gasteiger partial charge in [-0.05, 0) is 17.7 Å². The van der Waals surface area contributed by atoms with E-state index in [1.807, 2.05) is 44.4 Å². The molecule has 0 amide bonds. The van der Waals surface area contributed by atoms with Crippen molar-refractivity contribution in [3.8, 4) is 11.5 Å². The van der Waals surface area contributed by atoms with Crippen LogP contribution in [0.25, 0.3) is 0 Å². The van der Waals surface area contributed by atoms with Gasteiger partial charge in [-0.2, -0.15) is 0 Å². The van der Waals surface area contributed by atoms with E-state index in [-0.39, 0.29) is 17.1 Å². The van der Waals surface area contributed by atoms with Crippen molar-refractivity contribution < 1.29 is 14.6 Å². The molecule has 1 N–H and O–H groups in total. The lowest BCUT2D eigenvalue weighted by Crippen LogP contribution is -2.25. The first-order chi connectivity index (χ1) is 10.6. The molecule has 4 nitrogen and oxygen atoms in total. The van der Waals surface area contributed by atoms with Crippen LogP contribution in [0, 0.1) is 0 Å². The number of carbonyl (C=O) groups excluding carboxylic acids is 1. The Balaban J connectivity index is 2.16. The third kappa shape index (κ3) is 2.44. The maximum absolute atomic E-state index is 12.8. The lowest BCUT2D eigenvalue weighted by atomic mass is 9.91. The van der Waals surface area contributed by atoms with E-state index in [0.717, 1.165) is 5.56 Å². The summed E-state index contributed by atoms with van der Waals surface area (Å²) < 4.78 is 6.01. The van der Waals surface area contributed by atoms with E-state index in [4.69, 9.17) is 4.74 Å². The van der Waals surface area contributed by atoms with E-state index in [1.54, 1.807) is 23.2 Å². The van der Waals surface area contributed by atoms with Gasteiger partial charge in [-0.1, -0.05) is 36.4 Å². The maximum atomic E-state index is 12.8. The predicted octanol–water partition coefficient (Wildman–Crippen LogP) is 3.15. The van der Waals surface area contributed by atoms with E-state index in [2.05, 4.69) is 0 Å². The third-order valence-corrected chi connectivity index (χ3v) is 3.52. The molecule has 22 heavy (non-hydrogen) atoms. The summed E-state index contributed by atoms with van der Waals surface area (Å²) in [7, 11) is 3.70. The third-order valence-electron chi connectivity index (χ3n) is 3.52. The average Bonchev–Trinajstić information content (AvgIpc) is 2.50. The summed E-state index contributed by atoms with van der Waals surface area (Å²) in [5.41, 5.74) is 1.63. The van der Waals surface area contributed by atoms with Crippen molar-refractivity contribution in [3.63, 3.8) is 0 Å². The van der Waals surface area contributed by atoms with Crippen LogP contribution in [0.2, 0.25) is 0 Å². The Kier molecular flexibility index (Phi) is 3.59. The Morgan fingerprint density at radius 1 is 1.09 bits per heavy atom. The highest BCUT2D eigenvalue weighted by Crippen LogP contribution is 2.41. The van der Waals surface area contributed by atoms with Crippen molar-refractivity contribution in [1.82, 2.24) is 4.90 Å². The molecule has 1 aliphatic rings. The summed E-state index contributed by atoms with van der Waals surface area (Å²) in [5.74, 6) is 0.148. The Morgan fingerprint density at radius 3 is 2.50 bits per heavy atom. The summed E-state index contributed by atoms with van der Waals surface area (Å²) in [4.78, 5) is 14.6. The van der Waals surface area contributed by atoms with Crippen LogP contribution >= 0.6 is 0 Å². The van der Waals surface area contributed by atoms with Crippen LogP contribution in [-0.4, -0.2) is 29.9 Å². The van der Waals surface area contributed by atoms with Gasteiger partial charge in [-0.3, -0.25) is 4.79 Å². The van der Waals surface area contributed by atoms with Crippen LogP contribution in [0.15, 0.2) is 60.3 Å². The first-order valence-corrected chi connectivity index (χ1v) is 7.04. The number of ether oxygens (including phenoxy) is 1. The number of aromatic hydroxyl groups is 1. The van der Waals surface area contributed by atoms with E-state index in [1.165, 1.54) is 6.07 Å². The number of ketones is 1. The molecule has 0 spiro atoms. The molecular weight excluding hydrogens is 278 g/mol. The standard InChI is InChI=1S/C18H17NO3/c1-19(2)11-13-17(21)16-14(20)9-6-10-15(16)22-18(13)12-7-4-3-5-8-12/h3-11,18,20H,1-2H3. The number of Topliss-reactive ketones (excluding diaryl/α,β-unsaturated/α-hetero) is 1. The molecule has 2 aromatic carbocycles. The van der Waals surface area contributed by atoms with Gasteiger partial charge >= 0.3 is 0 Å². The molecule has 0 radical (unpaired) electrons. The summed E-state index contributed by atoms with van der Waals surface area (Å²) in [6.45, 7) is 0. The van der Waals surface area contributed by atoms with Gasteiger partial charge in [0.15, 0.2) is 6.10 Å². The number of hydrogen-bond donors (Lipinski definition) is 1. The summed E-state index contributed by atoms with van der Waals surface area (Å²) in [5, 5.41) is 9.99. The van der Waals surface area contributed by atoms with Crippen molar-refractivity contribution in [3.05, 3.63) is 71.4 Å². The monoisotopic (exact) mass is 295 g/mol. The van der Waals surface area contributed by atoms with E-state index in [0.29, 0.717) is 11.3 Å². The Bertz CT molecular complexity index is 735. The molecule has 0 fully saturated rings.